The van der Waals surface area contributed by atoms with Gasteiger partial charge in [0.2, 0.25) is 5.70 Å². The summed E-state index contributed by atoms with van der Waals surface area (Å²) in [4.78, 5) is 10.3. The van der Waals surface area contributed by atoms with Gasteiger partial charge in [-0.15, -0.1) is 5.57 Å². The molecular formula is C11H15KNO2-. The maximum atomic E-state index is 10.6. The van der Waals surface area contributed by atoms with Crippen molar-refractivity contribution in [1.82, 2.24) is 0 Å². The quantitative estimate of drug-likeness (QED) is 0.278. The minimum atomic E-state index is -0.345. The van der Waals surface area contributed by atoms with Crippen molar-refractivity contribution in [2.45, 2.75) is 20.8 Å². The molecule has 0 N–H and O–H groups in total. The molecule has 0 bridgehead atoms. The molecule has 0 aromatic rings. The van der Waals surface area contributed by atoms with E-state index in [1.165, 1.54) is 0 Å². The summed E-state index contributed by atoms with van der Waals surface area (Å²) >= 11 is 0. The molecule has 0 fully saturated rings. The Hall–Kier alpha value is 0.126. The Labute approximate surface area is 134 Å². The molecule has 0 atom stereocenters. The van der Waals surface area contributed by atoms with Gasteiger partial charge in [-0.25, -0.2) is 0 Å². The van der Waals surface area contributed by atoms with Crippen molar-refractivity contribution in [1.29, 1.82) is 0 Å². The van der Waals surface area contributed by atoms with E-state index in [9.17, 15) is 10.1 Å². The van der Waals surface area contributed by atoms with E-state index in [0.29, 0.717) is 5.57 Å². The van der Waals surface area contributed by atoms with Crippen molar-refractivity contribution < 1.29 is 56.3 Å². The Bertz CT molecular complexity index is 329. The minimum Gasteiger partial charge on any atom is -0.358 e. The smallest absolute Gasteiger partial charge is 0.358 e. The number of hydrogen-bond donors (Lipinski definition) is 0. The van der Waals surface area contributed by atoms with Crippen LogP contribution >= 0.6 is 0 Å². The van der Waals surface area contributed by atoms with Crippen LogP contribution < -0.4 is 51.4 Å². The molecule has 0 saturated carbocycles. The molecule has 0 radical (unpaired) electrons. The molecule has 0 saturated heterocycles. The maximum absolute atomic E-state index is 10.6. The average Bonchev–Trinajstić information content (AvgIpc) is 2.09. The van der Waals surface area contributed by atoms with Gasteiger partial charge in [-0.1, -0.05) is 26.3 Å². The summed E-state index contributed by atoms with van der Waals surface area (Å²) in [7, 11) is 0. The third kappa shape index (κ3) is 5.13. The van der Waals surface area contributed by atoms with Crippen LogP contribution in [0.4, 0.5) is 0 Å². The van der Waals surface area contributed by atoms with Crippen LogP contribution in [0.25, 0.3) is 0 Å². The fraction of sp³-hybridized carbons (Fsp3) is 0.273. The van der Waals surface area contributed by atoms with E-state index in [1.807, 2.05) is 26.0 Å². The van der Waals surface area contributed by atoms with Gasteiger partial charge in [-0.3, -0.25) is 10.1 Å². The van der Waals surface area contributed by atoms with E-state index in [2.05, 4.69) is 0 Å². The van der Waals surface area contributed by atoms with E-state index in [0.717, 1.165) is 11.5 Å². The summed E-state index contributed by atoms with van der Waals surface area (Å²) in [6.45, 7) is 5.55. The SMILES string of the molecule is CC1=C[C-](C)C=C(C)C([N+](=O)[O-])=C1.[CH3-].[K+]. The standard InChI is InChI=1S/C10H12NO2.CH3.K/c1-7-4-8(2)6-10(11(12)13)9(3)5-7;;/h4-6H,1-3H3;1H3;/q2*-1;+1. The molecule has 0 aliphatic heterocycles. The van der Waals surface area contributed by atoms with E-state index in [-0.39, 0.29) is 69.4 Å². The number of hydrogen-bond acceptors (Lipinski definition) is 2. The summed E-state index contributed by atoms with van der Waals surface area (Å²) in [5.41, 5.74) is 1.80. The number of allylic oxidation sites excluding steroid dienone is 5. The predicted molar refractivity (Wildman–Crippen MR) is 57.9 cm³/mol. The third-order valence-corrected chi connectivity index (χ3v) is 1.86. The Balaban J connectivity index is 0. The van der Waals surface area contributed by atoms with Gasteiger partial charge in [0, 0.05) is 4.92 Å². The first kappa shape index (κ1) is 17.5. The molecule has 1 aliphatic carbocycles. The van der Waals surface area contributed by atoms with Gasteiger partial charge in [0.25, 0.3) is 0 Å². The normalized spacial score (nSPS) is 14.9. The second-order valence-corrected chi connectivity index (χ2v) is 3.25. The van der Waals surface area contributed by atoms with Gasteiger partial charge in [-0.2, -0.15) is 18.1 Å². The summed E-state index contributed by atoms with van der Waals surface area (Å²) < 4.78 is 0. The Morgan fingerprint density at radius 2 is 1.87 bits per heavy atom. The molecule has 0 amide bonds. The summed E-state index contributed by atoms with van der Waals surface area (Å²) in [5, 5.41) is 10.6. The van der Waals surface area contributed by atoms with Crippen LogP contribution in [-0.2, 0) is 0 Å². The van der Waals surface area contributed by atoms with Crippen LogP contribution in [0.3, 0.4) is 0 Å². The monoisotopic (exact) mass is 232 g/mol. The van der Waals surface area contributed by atoms with Crippen molar-refractivity contribution >= 4 is 0 Å². The van der Waals surface area contributed by atoms with Gasteiger partial charge < -0.3 is 7.43 Å². The number of nitro groups is 1. The molecule has 0 aromatic heterocycles. The molecule has 1 rings (SSSR count). The average molecular weight is 232 g/mol. The van der Waals surface area contributed by atoms with Crippen LogP contribution in [0.15, 0.2) is 35.1 Å². The van der Waals surface area contributed by atoms with E-state index < -0.39 is 0 Å². The first-order valence-corrected chi connectivity index (χ1v) is 4.07. The zero-order valence-corrected chi connectivity index (χ0v) is 13.1. The van der Waals surface area contributed by atoms with Crippen molar-refractivity contribution in [2.24, 2.45) is 0 Å². The minimum absolute atomic E-state index is 0. The number of rotatable bonds is 1. The third-order valence-electron chi connectivity index (χ3n) is 1.86. The molecule has 78 valence electrons. The second-order valence-electron chi connectivity index (χ2n) is 3.25. The molecule has 0 spiro atoms. The maximum Gasteiger partial charge on any atom is 1.00 e. The van der Waals surface area contributed by atoms with E-state index in [4.69, 9.17) is 0 Å². The van der Waals surface area contributed by atoms with Crippen molar-refractivity contribution in [3.63, 3.8) is 0 Å². The van der Waals surface area contributed by atoms with Crippen molar-refractivity contribution in [3.8, 4) is 0 Å². The Kier molecular flexibility index (Phi) is 8.65. The summed E-state index contributed by atoms with van der Waals surface area (Å²) in [6.07, 6.45) is 5.35. The summed E-state index contributed by atoms with van der Waals surface area (Å²) in [6, 6.07) is 0. The van der Waals surface area contributed by atoms with Crippen molar-refractivity contribution in [3.05, 3.63) is 58.5 Å². The zero-order chi connectivity index (χ0) is 10.0. The van der Waals surface area contributed by atoms with Gasteiger partial charge in [-0.05, 0) is 6.08 Å². The van der Waals surface area contributed by atoms with Gasteiger partial charge >= 0.3 is 51.4 Å². The van der Waals surface area contributed by atoms with Crippen LogP contribution in [-0.4, -0.2) is 4.92 Å². The van der Waals surface area contributed by atoms with Crippen LogP contribution in [0.2, 0.25) is 0 Å². The first-order chi connectivity index (χ1) is 6.00. The van der Waals surface area contributed by atoms with Crippen molar-refractivity contribution in [2.75, 3.05) is 0 Å². The molecule has 1 aliphatic rings. The predicted octanol–water partition coefficient (Wildman–Crippen LogP) is 0.102. The topological polar surface area (TPSA) is 43.1 Å². The first-order valence-electron chi connectivity index (χ1n) is 4.07. The second kappa shape index (κ2) is 7.41. The molecule has 0 heterocycles. The fourth-order valence-corrected chi connectivity index (χ4v) is 1.38. The van der Waals surface area contributed by atoms with E-state index >= 15 is 0 Å². The molecule has 0 unspecified atom stereocenters. The molecule has 4 heteroatoms. The molecule has 15 heavy (non-hydrogen) atoms. The summed E-state index contributed by atoms with van der Waals surface area (Å²) in [5.74, 6) is 1.04. The Morgan fingerprint density at radius 3 is 2.33 bits per heavy atom. The van der Waals surface area contributed by atoms with Gasteiger partial charge in [0.05, 0.1) is 0 Å². The molecular weight excluding hydrogens is 217 g/mol. The van der Waals surface area contributed by atoms with Crippen LogP contribution in [0.5, 0.6) is 0 Å². The van der Waals surface area contributed by atoms with Crippen LogP contribution in [0.1, 0.15) is 20.8 Å². The molecule has 3 nitrogen and oxygen atoms in total. The van der Waals surface area contributed by atoms with Gasteiger partial charge in [0.1, 0.15) is 0 Å². The molecule has 0 aromatic carbocycles. The van der Waals surface area contributed by atoms with E-state index in [1.54, 1.807) is 13.0 Å². The fourth-order valence-electron chi connectivity index (χ4n) is 1.38. The number of nitrogens with zero attached hydrogens (tertiary/aromatic N) is 1. The zero-order valence-electron chi connectivity index (χ0n) is 10.00. The largest absolute Gasteiger partial charge is 1.00 e. The Morgan fingerprint density at radius 1 is 1.33 bits per heavy atom. The van der Waals surface area contributed by atoms with Gasteiger partial charge in [0.15, 0.2) is 0 Å². The van der Waals surface area contributed by atoms with Crippen LogP contribution in [0, 0.1) is 23.5 Å².